The molecule has 0 radical (unpaired) electrons. The number of aromatic nitrogens is 4. The highest BCUT2D eigenvalue weighted by Crippen LogP contribution is 2.12. The lowest BCUT2D eigenvalue weighted by Crippen LogP contribution is -2.16. The quantitative estimate of drug-likeness (QED) is 0.767. The molecular formula is C9H12N4O. The van der Waals surface area contributed by atoms with Gasteiger partial charge in [0, 0.05) is 37.8 Å². The zero-order chi connectivity index (χ0) is 9.80. The van der Waals surface area contributed by atoms with Crippen LogP contribution in [0.15, 0.2) is 37.4 Å². The lowest BCUT2D eigenvalue weighted by Gasteiger charge is -2.18. The molecule has 1 N–H and O–H groups in total. The summed E-state index contributed by atoms with van der Waals surface area (Å²) in [5.74, 6) is 0. The van der Waals surface area contributed by atoms with Gasteiger partial charge in [0.15, 0.2) is 0 Å². The Kier molecular flexibility index (Phi) is 2.60. The van der Waals surface area contributed by atoms with Crippen LogP contribution in [0.25, 0.3) is 0 Å². The number of rotatable bonds is 4. The molecule has 0 amide bonds. The van der Waals surface area contributed by atoms with Crippen molar-refractivity contribution in [2.45, 2.75) is 12.6 Å². The minimum absolute atomic E-state index is 0.0602. The van der Waals surface area contributed by atoms with Crippen LogP contribution < -0.4 is 0 Å². The standard InChI is InChI=1S/C9H12N4O/c14-6-1-9(12-4-2-10-7-12)13-5-3-11-8-13/h2-5,7-9,14H,1,6H2. The summed E-state index contributed by atoms with van der Waals surface area (Å²) in [7, 11) is 0. The topological polar surface area (TPSA) is 55.9 Å². The van der Waals surface area contributed by atoms with Gasteiger partial charge in [-0.3, -0.25) is 0 Å². The van der Waals surface area contributed by atoms with Crippen molar-refractivity contribution in [3.63, 3.8) is 0 Å². The van der Waals surface area contributed by atoms with Crippen LogP contribution in [0.3, 0.4) is 0 Å². The Morgan fingerprint density at radius 3 is 2.00 bits per heavy atom. The monoisotopic (exact) mass is 192 g/mol. The van der Waals surface area contributed by atoms with Crippen LogP contribution in [0.1, 0.15) is 12.6 Å². The molecule has 0 saturated heterocycles. The number of nitrogens with zero attached hydrogens (tertiary/aromatic N) is 4. The van der Waals surface area contributed by atoms with E-state index in [0.717, 1.165) is 0 Å². The molecule has 0 atom stereocenters. The fraction of sp³-hybridized carbons (Fsp3) is 0.333. The third-order valence-electron chi connectivity index (χ3n) is 2.13. The van der Waals surface area contributed by atoms with Gasteiger partial charge in [-0.1, -0.05) is 0 Å². The van der Waals surface area contributed by atoms with Gasteiger partial charge in [0.25, 0.3) is 0 Å². The molecule has 0 unspecified atom stereocenters. The Morgan fingerprint density at radius 1 is 1.07 bits per heavy atom. The smallest absolute Gasteiger partial charge is 0.114 e. The van der Waals surface area contributed by atoms with E-state index in [1.54, 1.807) is 25.0 Å². The normalized spacial score (nSPS) is 11.0. The number of aliphatic hydroxyl groups is 1. The second-order valence-corrected chi connectivity index (χ2v) is 3.01. The Labute approximate surface area is 81.7 Å². The zero-order valence-electron chi connectivity index (χ0n) is 7.69. The van der Waals surface area contributed by atoms with Crippen LogP contribution in [-0.4, -0.2) is 30.8 Å². The van der Waals surface area contributed by atoms with Gasteiger partial charge in [-0.05, 0) is 0 Å². The van der Waals surface area contributed by atoms with Gasteiger partial charge in [-0.25, -0.2) is 9.97 Å². The van der Waals surface area contributed by atoms with Crippen LogP contribution in [0.4, 0.5) is 0 Å². The number of imidazole rings is 2. The summed E-state index contributed by atoms with van der Waals surface area (Å²) in [5.41, 5.74) is 0. The Bertz CT molecular complexity index is 320. The molecule has 0 saturated carbocycles. The van der Waals surface area contributed by atoms with E-state index in [1.807, 2.05) is 21.5 Å². The lowest BCUT2D eigenvalue weighted by atomic mass is 10.3. The largest absolute Gasteiger partial charge is 0.396 e. The van der Waals surface area contributed by atoms with Crippen LogP contribution in [0.2, 0.25) is 0 Å². The first-order valence-corrected chi connectivity index (χ1v) is 4.47. The summed E-state index contributed by atoms with van der Waals surface area (Å²) in [6.07, 6.45) is 11.4. The van der Waals surface area contributed by atoms with E-state index in [4.69, 9.17) is 5.11 Å². The molecule has 2 heterocycles. The molecule has 2 rings (SSSR count). The molecule has 14 heavy (non-hydrogen) atoms. The summed E-state index contributed by atoms with van der Waals surface area (Å²) in [5, 5.41) is 8.97. The second kappa shape index (κ2) is 4.06. The van der Waals surface area contributed by atoms with E-state index in [-0.39, 0.29) is 12.8 Å². The minimum atomic E-state index is 0.0602. The van der Waals surface area contributed by atoms with Crippen molar-refractivity contribution in [1.29, 1.82) is 0 Å². The van der Waals surface area contributed by atoms with E-state index in [2.05, 4.69) is 9.97 Å². The number of aliphatic hydroxyl groups excluding tert-OH is 1. The van der Waals surface area contributed by atoms with Crippen molar-refractivity contribution in [2.24, 2.45) is 0 Å². The molecule has 2 aromatic rings. The maximum absolute atomic E-state index is 8.97. The van der Waals surface area contributed by atoms with Gasteiger partial charge >= 0.3 is 0 Å². The summed E-state index contributed by atoms with van der Waals surface area (Å²) >= 11 is 0. The summed E-state index contributed by atoms with van der Waals surface area (Å²) in [4.78, 5) is 7.97. The van der Waals surface area contributed by atoms with Gasteiger partial charge < -0.3 is 14.2 Å². The van der Waals surface area contributed by atoms with Gasteiger partial charge in [0.05, 0.1) is 12.7 Å². The highest BCUT2D eigenvalue weighted by Gasteiger charge is 2.10. The van der Waals surface area contributed by atoms with Crippen LogP contribution in [0.5, 0.6) is 0 Å². The summed E-state index contributed by atoms with van der Waals surface area (Å²) < 4.78 is 3.88. The SMILES string of the molecule is OCCC(n1ccnc1)n1ccnc1. The maximum Gasteiger partial charge on any atom is 0.114 e. The molecule has 74 valence electrons. The first kappa shape index (κ1) is 8.96. The average Bonchev–Trinajstić information content (AvgIpc) is 2.87. The Balaban J connectivity index is 2.25. The van der Waals surface area contributed by atoms with E-state index in [1.165, 1.54) is 0 Å². The van der Waals surface area contributed by atoms with Crippen molar-refractivity contribution in [3.8, 4) is 0 Å². The average molecular weight is 192 g/mol. The first-order chi connectivity index (χ1) is 6.92. The number of hydrogen-bond donors (Lipinski definition) is 1. The highest BCUT2D eigenvalue weighted by atomic mass is 16.3. The first-order valence-electron chi connectivity index (χ1n) is 4.47. The van der Waals surface area contributed by atoms with Crippen molar-refractivity contribution in [1.82, 2.24) is 19.1 Å². The van der Waals surface area contributed by atoms with E-state index in [9.17, 15) is 0 Å². The summed E-state index contributed by atoms with van der Waals surface area (Å²) in [6, 6.07) is 0. The molecule has 5 heteroatoms. The second-order valence-electron chi connectivity index (χ2n) is 3.01. The lowest BCUT2D eigenvalue weighted by molar-refractivity contribution is 0.243. The molecule has 5 nitrogen and oxygen atoms in total. The van der Waals surface area contributed by atoms with Crippen molar-refractivity contribution in [3.05, 3.63) is 37.4 Å². The van der Waals surface area contributed by atoms with Gasteiger partial charge in [-0.2, -0.15) is 0 Å². The maximum atomic E-state index is 8.97. The molecule has 0 fully saturated rings. The van der Waals surface area contributed by atoms with Crippen LogP contribution in [-0.2, 0) is 0 Å². The molecule has 0 aliphatic carbocycles. The minimum Gasteiger partial charge on any atom is -0.396 e. The van der Waals surface area contributed by atoms with Crippen LogP contribution in [0, 0.1) is 0 Å². The number of hydrogen-bond acceptors (Lipinski definition) is 3. The molecular weight excluding hydrogens is 180 g/mol. The highest BCUT2D eigenvalue weighted by molar-refractivity contribution is 4.86. The van der Waals surface area contributed by atoms with E-state index >= 15 is 0 Å². The van der Waals surface area contributed by atoms with E-state index < -0.39 is 0 Å². The summed E-state index contributed by atoms with van der Waals surface area (Å²) in [6.45, 7) is 0.140. The third kappa shape index (κ3) is 1.67. The molecule has 0 bridgehead atoms. The van der Waals surface area contributed by atoms with Crippen LogP contribution >= 0.6 is 0 Å². The zero-order valence-corrected chi connectivity index (χ0v) is 7.69. The van der Waals surface area contributed by atoms with E-state index in [0.29, 0.717) is 6.42 Å². The van der Waals surface area contributed by atoms with Gasteiger partial charge in [0.1, 0.15) is 6.17 Å². The van der Waals surface area contributed by atoms with Crippen molar-refractivity contribution in [2.75, 3.05) is 6.61 Å². The molecule has 0 spiro atoms. The van der Waals surface area contributed by atoms with Gasteiger partial charge in [0.2, 0.25) is 0 Å². The van der Waals surface area contributed by atoms with Gasteiger partial charge in [-0.15, -0.1) is 0 Å². The molecule has 0 aliphatic rings. The van der Waals surface area contributed by atoms with Crippen molar-refractivity contribution >= 4 is 0 Å². The predicted octanol–water partition coefficient (Wildman–Crippen LogP) is 0.509. The fourth-order valence-corrected chi connectivity index (χ4v) is 1.46. The van der Waals surface area contributed by atoms with Crippen molar-refractivity contribution < 1.29 is 5.11 Å². The Morgan fingerprint density at radius 2 is 1.64 bits per heavy atom. The third-order valence-corrected chi connectivity index (χ3v) is 2.13. The fourth-order valence-electron chi connectivity index (χ4n) is 1.46. The molecule has 2 aromatic heterocycles. The molecule has 0 aliphatic heterocycles. The molecule has 0 aromatic carbocycles. The Hall–Kier alpha value is -1.62. The predicted molar refractivity (Wildman–Crippen MR) is 50.6 cm³/mol.